The number of benzene rings is 2. The molecule has 0 aliphatic carbocycles. The molecule has 2 aromatic carbocycles. The summed E-state index contributed by atoms with van der Waals surface area (Å²) >= 11 is 5.98. The van der Waals surface area contributed by atoms with E-state index in [2.05, 4.69) is 10.1 Å². The van der Waals surface area contributed by atoms with E-state index in [9.17, 15) is 4.79 Å². The molecule has 7 heteroatoms. The van der Waals surface area contributed by atoms with Crippen LogP contribution in [0, 0.1) is 6.92 Å². The standard InChI is InChI=1S/C21H22ClN3O3/c1-4-18(27-17-7-5-6-16(22)12-17)21(26)25(3)13-19-23-20(24-28-19)15-10-8-14(2)9-11-15/h5-12,18H,4,13H2,1-3H3/t18-/m1/s1. The molecule has 1 aromatic heterocycles. The van der Waals surface area contributed by atoms with Crippen LogP contribution in [0.25, 0.3) is 11.4 Å². The fourth-order valence-electron chi connectivity index (χ4n) is 2.68. The van der Waals surface area contributed by atoms with Gasteiger partial charge in [-0.3, -0.25) is 4.79 Å². The molecule has 0 fully saturated rings. The molecule has 28 heavy (non-hydrogen) atoms. The second kappa shape index (κ2) is 8.89. The van der Waals surface area contributed by atoms with Crippen LogP contribution >= 0.6 is 11.6 Å². The lowest BCUT2D eigenvalue weighted by Crippen LogP contribution is -2.39. The zero-order chi connectivity index (χ0) is 20.1. The van der Waals surface area contributed by atoms with Crippen molar-refractivity contribution >= 4 is 17.5 Å². The van der Waals surface area contributed by atoms with Gasteiger partial charge in [0.05, 0.1) is 6.54 Å². The van der Waals surface area contributed by atoms with Gasteiger partial charge < -0.3 is 14.2 Å². The van der Waals surface area contributed by atoms with Crippen LogP contribution in [0.3, 0.4) is 0 Å². The summed E-state index contributed by atoms with van der Waals surface area (Å²) in [4.78, 5) is 18.7. The monoisotopic (exact) mass is 399 g/mol. The Hall–Kier alpha value is -2.86. The minimum Gasteiger partial charge on any atom is -0.481 e. The van der Waals surface area contributed by atoms with E-state index >= 15 is 0 Å². The van der Waals surface area contributed by atoms with Gasteiger partial charge in [0.1, 0.15) is 5.75 Å². The highest BCUT2D eigenvalue weighted by atomic mass is 35.5. The maximum atomic E-state index is 12.8. The summed E-state index contributed by atoms with van der Waals surface area (Å²) < 4.78 is 11.1. The first-order chi connectivity index (χ1) is 13.5. The highest BCUT2D eigenvalue weighted by Crippen LogP contribution is 2.20. The zero-order valence-electron chi connectivity index (χ0n) is 16.1. The summed E-state index contributed by atoms with van der Waals surface area (Å²) in [5.74, 6) is 1.25. The average Bonchev–Trinajstić information content (AvgIpc) is 3.14. The Bertz CT molecular complexity index is 940. The summed E-state index contributed by atoms with van der Waals surface area (Å²) in [6, 6.07) is 14.8. The van der Waals surface area contributed by atoms with Gasteiger partial charge in [-0.2, -0.15) is 4.98 Å². The normalized spacial score (nSPS) is 11.9. The molecule has 146 valence electrons. The third-order valence-electron chi connectivity index (χ3n) is 4.25. The molecule has 1 amide bonds. The van der Waals surface area contributed by atoms with Crippen LogP contribution in [0.5, 0.6) is 5.75 Å². The van der Waals surface area contributed by atoms with Gasteiger partial charge in [-0.05, 0) is 31.5 Å². The molecule has 3 rings (SSSR count). The molecule has 0 bridgehead atoms. The van der Waals surface area contributed by atoms with Crippen LogP contribution in [0.4, 0.5) is 0 Å². The molecule has 6 nitrogen and oxygen atoms in total. The van der Waals surface area contributed by atoms with Crippen molar-refractivity contribution in [3.05, 3.63) is 65.0 Å². The maximum absolute atomic E-state index is 12.8. The minimum absolute atomic E-state index is 0.169. The molecule has 0 N–H and O–H groups in total. The topological polar surface area (TPSA) is 68.5 Å². The molecular formula is C21H22ClN3O3. The SMILES string of the molecule is CC[C@@H](Oc1cccc(Cl)c1)C(=O)N(C)Cc1nc(-c2ccc(C)cc2)no1. The number of amides is 1. The molecule has 3 aromatic rings. The summed E-state index contributed by atoms with van der Waals surface area (Å²) in [6.07, 6.45) is -0.100. The van der Waals surface area contributed by atoms with Crippen LogP contribution in [0.15, 0.2) is 53.1 Å². The zero-order valence-corrected chi connectivity index (χ0v) is 16.8. The summed E-state index contributed by atoms with van der Waals surface area (Å²) in [5, 5.41) is 4.56. The largest absolute Gasteiger partial charge is 0.481 e. The van der Waals surface area contributed by atoms with Crippen molar-refractivity contribution in [1.29, 1.82) is 0 Å². The van der Waals surface area contributed by atoms with E-state index in [1.807, 2.05) is 38.1 Å². The fourth-order valence-corrected chi connectivity index (χ4v) is 2.86. The Morgan fingerprint density at radius 2 is 2.00 bits per heavy atom. The predicted octanol–water partition coefficient (Wildman–Crippen LogP) is 4.51. The second-order valence-corrected chi connectivity index (χ2v) is 6.98. The Kier molecular flexibility index (Phi) is 6.31. The van der Waals surface area contributed by atoms with Crippen molar-refractivity contribution in [2.24, 2.45) is 0 Å². The second-order valence-electron chi connectivity index (χ2n) is 6.54. The molecule has 0 radical (unpaired) electrons. The number of ether oxygens (including phenoxy) is 1. The Labute approximate surface area is 169 Å². The smallest absolute Gasteiger partial charge is 0.263 e. The molecule has 0 aliphatic rings. The van der Waals surface area contributed by atoms with Gasteiger partial charge in [0, 0.05) is 17.6 Å². The number of hydrogen-bond acceptors (Lipinski definition) is 5. The predicted molar refractivity (Wildman–Crippen MR) is 107 cm³/mol. The van der Waals surface area contributed by atoms with E-state index in [1.54, 1.807) is 31.3 Å². The van der Waals surface area contributed by atoms with Crippen molar-refractivity contribution in [3.8, 4) is 17.1 Å². The number of aromatic nitrogens is 2. The Morgan fingerprint density at radius 1 is 1.25 bits per heavy atom. The molecule has 0 aliphatic heterocycles. The molecule has 1 atom stereocenters. The molecule has 0 spiro atoms. The van der Waals surface area contributed by atoms with E-state index in [-0.39, 0.29) is 12.5 Å². The third kappa shape index (κ3) is 4.89. The van der Waals surface area contributed by atoms with E-state index in [0.29, 0.717) is 28.9 Å². The molecule has 0 unspecified atom stereocenters. The maximum Gasteiger partial charge on any atom is 0.263 e. The van der Waals surface area contributed by atoms with Crippen LogP contribution in [0.2, 0.25) is 5.02 Å². The van der Waals surface area contributed by atoms with Crippen molar-refractivity contribution in [2.45, 2.75) is 32.9 Å². The minimum atomic E-state index is -0.622. The number of likely N-dealkylation sites (N-methyl/N-ethyl adjacent to an activating group) is 1. The Balaban J connectivity index is 1.65. The van der Waals surface area contributed by atoms with E-state index < -0.39 is 6.10 Å². The number of halogens is 1. The summed E-state index contributed by atoms with van der Waals surface area (Å²) in [6.45, 7) is 4.11. The van der Waals surface area contributed by atoms with Gasteiger partial charge in [0.2, 0.25) is 11.7 Å². The third-order valence-corrected chi connectivity index (χ3v) is 4.48. The van der Waals surface area contributed by atoms with Crippen LogP contribution < -0.4 is 4.74 Å². The average molecular weight is 400 g/mol. The summed E-state index contributed by atoms with van der Waals surface area (Å²) in [7, 11) is 1.68. The van der Waals surface area contributed by atoms with Crippen LogP contribution in [-0.2, 0) is 11.3 Å². The van der Waals surface area contributed by atoms with E-state index in [1.165, 1.54) is 4.90 Å². The lowest BCUT2D eigenvalue weighted by molar-refractivity contribution is -0.138. The number of hydrogen-bond donors (Lipinski definition) is 0. The number of aryl methyl sites for hydroxylation is 1. The highest BCUT2D eigenvalue weighted by molar-refractivity contribution is 6.30. The lowest BCUT2D eigenvalue weighted by Gasteiger charge is -2.22. The number of nitrogens with zero attached hydrogens (tertiary/aromatic N) is 3. The fraction of sp³-hybridized carbons (Fsp3) is 0.286. The van der Waals surface area contributed by atoms with Crippen molar-refractivity contribution in [3.63, 3.8) is 0 Å². The summed E-state index contributed by atoms with van der Waals surface area (Å²) in [5.41, 5.74) is 2.02. The van der Waals surface area contributed by atoms with Crippen LogP contribution in [-0.4, -0.2) is 34.1 Å². The molecule has 0 saturated heterocycles. The van der Waals surface area contributed by atoms with Crippen molar-refractivity contribution in [2.75, 3.05) is 7.05 Å². The van der Waals surface area contributed by atoms with Crippen molar-refractivity contribution < 1.29 is 14.1 Å². The van der Waals surface area contributed by atoms with Crippen molar-refractivity contribution in [1.82, 2.24) is 15.0 Å². The number of rotatable bonds is 7. The van der Waals surface area contributed by atoms with Gasteiger partial charge in [-0.25, -0.2) is 0 Å². The number of carbonyl (C=O) groups is 1. The van der Waals surface area contributed by atoms with Gasteiger partial charge in [0.15, 0.2) is 6.10 Å². The lowest BCUT2D eigenvalue weighted by atomic mass is 10.1. The van der Waals surface area contributed by atoms with Gasteiger partial charge >= 0.3 is 0 Å². The van der Waals surface area contributed by atoms with Gasteiger partial charge in [-0.1, -0.05) is 59.6 Å². The van der Waals surface area contributed by atoms with E-state index in [4.69, 9.17) is 20.9 Å². The molecular weight excluding hydrogens is 378 g/mol. The van der Waals surface area contributed by atoms with Gasteiger partial charge in [-0.15, -0.1) is 0 Å². The Morgan fingerprint density at radius 3 is 2.68 bits per heavy atom. The first-order valence-corrected chi connectivity index (χ1v) is 9.41. The van der Waals surface area contributed by atoms with Crippen LogP contribution in [0.1, 0.15) is 24.8 Å². The quantitative estimate of drug-likeness (QED) is 0.584. The van der Waals surface area contributed by atoms with Gasteiger partial charge in [0.25, 0.3) is 5.91 Å². The number of carbonyl (C=O) groups excluding carboxylic acids is 1. The first-order valence-electron chi connectivity index (χ1n) is 9.03. The first kappa shape index (κ1) is 19.9. The molecule has 1 heterocycles. The highest BCUT2D eigenvalue weighted by Gasteiger charge is 2.24. The molecule has 0 saturated carbocycles. The van der Waals surface area contributed by atoms with E-state index in [0.717, 1.165) is 11.1 Å².